The van der Waals surface area contributed by atoms with Crippen LogP contribution in [0.15, 0.2) is 24.3 Å². The number of nitrogens with zero attached hydrogens (tertiary/aromatic N) is 1. The molecule has 0 amide bonds. The van der Waals surface area contributed by atoms with Gasteiger partial charge in [0.25, 0.3) is 0 Å². The number of benzene rings is 1. The second-order valence-electron chi connectivity index (χ2n) is 4.54. The first kappa shape index (κ1) is 13.0. The predicted octanol–water partition coefficient (Wildman–Crippen LogP) is 3.73. The SMILES string of the molecule is CCC(CC)(Cc1nc2ccccc2s1)C(=O)O. The maximum Gasteiger partial charge on any atom is 0.310 e. The van der Waals surface area contributed by atoms with Crippen molar-refractivity contribution in [3.63, 3.8) is 0 Å². The Morgan fingerprint density at radius 1 is 1.33 bits per heavy atom. The van der Waals surface area contributed by atoms with Gasteiger partial charge in [0.1, 0.15) is 0 Å². The van der Waals surface area contributed by atoms with Gasteiger partial charge in [-0.3, -0.25) is 4.79 Å². The molecule has 2 rings (SSSR count). The second kappa shape index (κ2) is 5.06. The molecule has 0 radical (unpaired) electrons. The molecule has 3 nitrogen and oxygen atoms in total. The molecule has 18 heavy (non-hydrogen) atoms. The maximum atomic E-state index is 11.5. The monoisotopic (exact) mass is 263 g/mol. The van der Waals surface area contributed by atoms with Gasteiger partial charge in [-0.05, 0) is 25.0 Å². The summed E-state index contributed by atoms with van der Waals surface area (Å²) in [6.07, 6.45) is 1.79. The zero-order valence-corrected chi connectivity index (χ0v) is 11.5. The Hall–Kier alpha value is -1.42. The van der Waals surface area contributed by atoms with Crippen LogP contribution in [0.25, 0.3) is 10.2 Å². The summed E-state index contributed by atoms with van der Waals surface area (Å²) in [6.45, 7) is 3.87. The van der Waals surface area contributed by atoms with Crippen molar-refractivity contribution < 1.29 is 9.90 Å². The van der Waals surface area contributed by atoms with Crippen molar-refractivity contribution in [1.82, 2.24) is 4.98 Å². The van der Waals surface area contributed by atoms with Crippen molar-refractivity contribution in [2.45, 2.75) is 33.1 Å². The average molecular weight is 263 g/mol. The van der Waals surface area contributed by atoms with Gasteiger partial charge < -0.3 is 5.11 Å². The number of para-hydroxylation sites is 1. The highest BCUT2D eigenvalue weighted by molar-refractivity contribution is 7.18. The topological polar surface area (TPSA) is 50.2 Å². The van der Waals surface area contributed by atoms with E-state index >= 15 is 0 Å². The summed E-state index contributed by atoms with van der Waals surface area (Å²) < 4.78 is 1.12. The lowest BCUT2D eigenvalue weighted by molar-refractivity contribution is -0.149. The lowest BCUT2D eigenvalue weighted by atomic mass is 9.79. The van der Waals surface area contributed by atoms with Crippen LogP contribution in [0, 0.1) is 5.41 Å². The Balaban J connectivity index is 2.34. The van der Waals surface area contributed by atoms with Crippen LogP contribution < -0.4 is 0 Å². The number of aromatic nitrogens is 1. The van der Waals surface area contributed by atoms with Crippen LogP contribution in [0.1, 0.15) is 31.7 Å². The van der Waals surface area contributed by atoms with Gasteiger partial charge in [-0.1, -0.05) is 26.0 Å². The lowest BCUT2D eigenvalue weighted by Gasteiger charge is -2.25. The first-order valence-electron chi connectivity index (χ1n) is 6.19. The Morgan fingerprint density at radius 2 is 2.00 bits per heavy atom. The third kappa shape index (κ3) is 2.25. The first-order chi connectivity index (χ1) is 8.61. The van der Waals surface area contributed by atoms with Gasteiger partial charge in [-0.2, -0.15) is 0 Å². The van der Waals surface area contributed by atoms with E-state index in [1.54, 1.807) is 11.3 Å². The van der Waals surface area contributed by atoms with E-state index in [-0.39, 0.29) is 0 Å². The minimum Gasteiger partial charge on any atom is -0.481 e. The molecule has 1 aromatic carbocycles. The number of hydrogen-bond donors (Lipinski definition) is 1. The third-order valence-corrected chi connectivity index (χ3v) is 4.67. The fraction of sp³-hybridized carbons (Fsp3) is 0.429. The van der Waals surface area contributed by atoms with Gasteiger partial charge in [-0.15, -0.1) is 11.3 Å². The highest BCUT2D eigenvalue weighted by atomic mass is 32.1. The molecule has 0 unspecified atom stereocenters. The molecule has 0 spiro atoms. The fourth-order valence-electron chi connectivity index (χ4n) is 2.16. The van der Waals surface area contributed by atoms with Gasteiger partial charge in [0, 0.05) is 6.42 Å². The van der Waals surface area contributed by atoms with E-state index < -0.39 is 11.4 Å². The number of aliphatic carboxylic acids is 1. The molecule has 96 valence electrons. The minimum atomic E-state index is -0.716. The number of carboxylic acids is 1. The molecular weight excluding hydrogens is 246 g/mol. The molecule has 0 saturated carbocycles. The Labute approximate surface area is 110 Å². The Morgan fingerprint density at radius 3 is 2.56 bits per heavy atom. The molecule has 0 aliphatic rings. The van der Waals surface area contributed by atoms with Gasteiger partial charge in [-0.25, -0.2) is 4.98 Å². The molecule has 1 N–H and O–H groups in total. The summed E-state index contributed by atoms with van der Waals surface area (Å²) in [5.41, 5.74) is 0.289. The minimum absolute atomic E-state index is 0.522. The Bertz CT molecular complexity index is 525. The molecule has 0 aliphatic carbocycles. The molecule has 1 heterocycles. The highest BCUT2D eigenvalue weighted by Gasteiger charge is 2.35. The van der Waals surface area contributed by atoms with Crippen molar-refractivity contribution >= 4 is 27.5 Å². The van der Waals surface area contributed by atoms with Crippen LogP contribution in [-0.4, -0.2) is 16.1 Å². The molecule has 0 aliphatic heterocycles. The van der Waals surface area contributed by atoms with Crippen LogP contribution in [0.3, 0.4) is 0 Å². The van der Waals surface area contributed by atoms with Crippen molar-refractivity contribution in [2.75, 3.05) is 0 Å². The molecule has 4 heteroatoms. The van der Waals surface area contributed by atoms with E-state index in [2.05, 4.69) is 4.98 Å². The summed E-state index contributed by atoms with van der Waals surface area (Å²) in [5, 5.41) is 10.4. The van der Waals surface area contributed by atoms with Gasteiger partial charge in [0.2, 0.25) is 0 Å². The molecule has 2 aromatic rings. The zero-order valence-electron chi connectivity index (χ0n) is 10.6. The fourth-order valence-corrected chi connectivity index (χ4v) is 3.27. The first-order valence-corrected chi connectivity index (χ1v) is 7.01. The summed E-state index contributed by atoms with van der Waals surface area (Å²) >= 11 is 1.60. The van der Waals surface area contributed by atoms with Crippen LogP contribution in [0.4, 0.5) is 0 Å². The van der Waals surface area contributed by atoms with Crippen LogP contribution in [-0.2, 0) is 11.2 Å². The molecular formula is C14H17NO2S. The number of carboxylic acid groups (broad SMARTS) is 1. The van der Waals surface area contributed by atoms with Crippen LogP contribution >= 0.6 is 11.3 Å². The second-order valence-corrected chi connectivity index (χ2v) is 5.66. The highest BCUT2D eigenvalue weighted by Crippen LogP contribution is 2.34. The molecule has 0 bridgehead atoms. The average Bonchev–Trinajstić information content (AvgIpc) is 2.77. The zero-order chi connectivity index (χ0) is 13.2. The summed E-state index contributed by atoms with van der Waals surface area (Å²) in [5.74, 6) is -0.716. The number of hydrogen-bond acceptors (Lipinski definition) is 3. The molecule has 0 fully saturated rings. The van der Waals surface area contributed by atoms with E-state index in [1.807, 2.05) is 38.1 Å². The number of rotatable bonds is 5. The largest absolute Gasteiger partial charge is 0.481 e. The Kier molecular flexibility index (Phi) is 3.66. The third-order valence-electron chi connectivity index (χ3n) is 3.64. The van der Waals surface area contributed by atoms with Gasteiger partial charge in [0.15, 0.2) is 0 Å². The van der Waals surface area contributed by atoms with Crippen LogP contribution in [0.5, 0.6) is 0 Å². The molecule has 0 atom stereocenters. The standard InChI is InChI=1S/C14H17NO2S/c1-3-14(4-2,13(16)17)9-12-15-10-7-5-6-8-11(10)18-12/h5-8H,3-4,9H2,1-2H3,(H,16,17). The van der Waals surface area contributed by atoms with Crippen molar-refractivity contribution in [1.29, 1.82) is 0 Å². The molecule has 0 saturated heterocycles. The van der Waals surface area contributed by atoms with Crippen molar-refractivity contribution in [2.24, 2.45) is 5.41 Å². The maximum absolute atomic E-state index is 11.5. The number of thiazole rings is 1. The van der Waals surface area contributed by atoms with E-state index in [4.69, 9.17) is 0 Å². The smallest absolute Gasteiger partial charge is 0.310 e. The van der Waals surface area contributed by atoms with Crippen molar-refractivity contribution in [3.8, 4) is 0 Å². The normalized spacial score (nSPS) is 11.9. The predicted molar refractivity (Wildman–Crippen MR) is 74.0 cm³/mol. The van der Waals surface area contributed by atoms with E-state index in [0.29, 0.717) is 19.3 Å². The lowest BCUT2D eigenvalue weighted by Crippen LogP contribution is -2.32. The number of carbonyl (C=O) groups is 1. The van der Waals surface area contributed by atoms with E-state index in [0.717, 1.165) is 15.2 Å². The summed E-state index contributed by atoms with van der Waals surface area (Å²) in [7, 11) is 0. The van der Waals surface area contributed by atoms with Gasteiger partial charge in [0.05, 0.1) is 20.6 Å². The summed E-state index contributed by atoms with van der Waals surface area (Å²) in [4.78, 5) is 16.0. The number of fused-ring (bicyclic) bond motifs is 1. The summed E-state index contributed by atoms with van der Waals surface area (Å²) in [6, 6.07) is 7.93. The quantitative estimate of drug-likeness (QED) is 0.894. The van der Waals surface area contributed by atoms with E-state index in [1.165, 1.54) is 0 Å². The van der Waals surface area contributed by atoms with Gasteiger partial charge >= 0.3 is 5.97 Å². The van der Waals surface area contributed by atoms with Crippen LogP contribution in [0.2, 0.25) is 0 Å². The van der Waals surface area contributed by atoms with Crippen molar-refractivity contribution in [3.05, 3.63) is 29.3 Å². The molecule has 1 aromatic heterocycles. The van der Waals surface area contributed by atoms with E-state index in [9.17, 15) is 9.90 Å².